The monoisotopic (exact) mass is 269 g/mol. The van der Waals surface area contributed by atoms with E-state index in [4.69, 9.17) is 4.74 Å². The van der Waals surface area contributed by atoms with Crippen LogP contribution in [0.3, 0.4) is 0 Å². The van der Waals surface area contributed by atoms with Crippen LogP contribution in [0.1, 0.15) is 25.3 Å². The molecule has 1 N–H and O–H groups in total. The smallest absolute Gasteiger partial charge is 0.409 e. The molecule has 2 heterocycles. The molecule has 5 nitrogen and oxygen atoms in total. The van der Waals surface area contributed by atoms with Crippen LogP contribution < -0.4 is 5.32 Å². The highest BCUT2D eigenvalue weighted by atomic mass is 32.1. The van der Waals surface area contributed by atoms with Crippen LogP contribution in [0.2, 0.25) is 0 Å². The van der Waals surface area contributed by atoms with Crippen molar-refractivity contribution in [3.05, 3.63) is 16.6 Å². The molecular formula is C12H19N3O2S. The maximum absolute atomic E-state index is 11.2. The Balaban J connectivity index is 1.70. The van der Waals surface area contributed by atoms with Crippen LogP contribution in [-0.2, 0) is 10.3 Å². The van der Waals surface area contributed by atoms with Gasteiger partial charge in [-0.3, -0.25) is 0 Å². The van der Waals surface area contributed by atoms with E-state index in [0.29, 0.717) is 13.2 Å². The highest BCUT2D eigenvalue weighted by Gasteiger charge is 2.23. The third-order valence-electron chi connectivity index (χ3n) is 2.98. The summed E-state index contributed by atoms with van der Waals surface area (Å²) < 4.78 is 4.88. The predicted molar refractivity (Wildman–Crippen MR) is 70.7 cm³/mol. The van der Waals surface area contributed by atoms with E-state index in [1.807, 2.05) is 11.6 Å². The number of rotatable bonds is 6. The molecule has 2 rings (SSSR count). The van der Waals surface area contributed by atoms with Gasteiger partial charge in [0.1, 0.15) is 11.6 Å². The number of ether oxygens (including phenoxy) is 1. The van der Waals surface area contributed by atoms with Crippen molar-refractivity contribution in [3.63, 3.8) is 0 Å². The summed E-state index contributed by atoms with van der Waals surface area (Å²) >= 11 is 1.66. The van der Waals surface area contributed by atoms with Crippen LogP contribution in [0.4, 0.5) is 4.79 Å². The standard InChI is InChI=1S/C12H19N3O2S/c1-12(2,10-13-5-9-18-10)14-4-3-6-15-7-8-17-11(15)16/h5,9,14H,3-4,6-8H2,1-2H3. The van der Waals surface area contributed by atoms with Crippen LogP contribution in [0.15, 0.2) is 11.6 Å². The first-order valence-electron chi connectivity index (χ1n) is 6.16. The first kappa shape index (κ1) is 13.3. The summed E-state index contributed by atoms with van der Waals surface area (Å²) in [4.78, 5) is 17.3. The van der Waals surface area contributed by atoms with Crippen LogP contribution in [-0.4, -0.2) is 42.2 Å². The largest absolute Gasteiger partial charge is 0.448 e. The molecule has 0 atom stereocenters. The molecule has 1 amide bonds. The normalized spacial score (nSPS) is 16.1. The van der Waals surface area contributed by atoms with Crippen molar-refractivity contribution < 1.29 is 9.53 Å². The van der Waals surface area contributed by atoms with Crippen molar-refractivity contribution >= 4 is 17.4 Å². The van der Waals surface area contributed by atoms with Crippen LogP contribution >= 0.6 is 11.3 Å². The summed E-state index contributed by atoms with van der Waals surface area (Å²) in [6.45, 7) is 7.09. The average Bonchev–Trinajstić information content (AvgIpc) is 2.96. The molecule has 100 valence electrons. The lowest BCUT2D eigenvalue weighted by atomic mass is 10.1. The fraction of sp³-hybridized carbons (Fsp3) is 0.667. The van der Waals surface area contributed by atoms with Gasteiger partial charge < -0.3 is 15.0 Å². The summed E-state index contributed by atoms with van der Waals surface area (Å²) in [5.41, 5.74) is -0.111. The molecule has 1 aliphatic heterocycles. The lowest BCUT2D eigenvalue weighted by Crippen LogP contribution is -2.38. The maximum Gasteiger partial charge on any atom is 0.409 e. The second-order valence-corrected chi connectivity index (χ2v) is 5.74. The summed E-state index contributed by atoms with van der Waals surface area (Å²) in [6, 6.07) is 0. The number of carbonyl (C=O) groups is 1. The van der Waals surface area contributed by atoms with E-state index in [1.54, 1.807) is 16.2 Å². The summed E-state index contributed by atoms with van der Waals surface area (Å²) in [5.74, 6) is 0. The Morgan fingerprint density at radius 1 is 1.61 bits per heavy atom. The number of amides is 1. The van der Waals surface area contributed by atoms with Gasteiger partial charge in [0.05, 0.1) is 12.1 Å². The number of hydrogen-bond donors (Lipinski definition) is 1. The van der Waals surface area contributed by atoms with Gasteiger partial charge in [-0.15, -0.1) is 11.3 Å². The number of nitrogens with zero attached hydrogens (tertiary/aromatic N) is 2. The number of thiazole rings is 1. The second kappa shape index (κ2) is 5.67. The Morgan fingerprint density at radius 2 is 2.44 bits per heavy atom. The number of hydrogen-bond acceptors (Lipinski definition) is 5. The molecule has 18 heavy (non-hydrogen) atoms. The van der Waals surface area contributed by atoms with Gasteiger partial charge in [-0.2, -0.15) is 0 Å². The molecule has 1 saturated heterocycles. The number of cyclic esters (lactones) is 1. The minimum Gasteiger partial charge on any atom is -0.448 e. The van der Waals surface area contributed by atoms with E-state index in [9.17, 15) is 4.79 Å². The molecule has 0 aromatic carbocycles. The Hall–Kier alpha value is -1.14. The van der Waals surface area contributed by atoms with Gasteiger partial charge in [0.2, 0.25) is 0 Å². The minimum absolute atomic E-state index is 0.111. The summed E-state index contributed by atoms with van der Waals surface area (Å²) in [7, 11) is 0. The second-order valence-electron chi connectivity index (χ2n) is 4.84. The van der Waals surface area contributed by atoms with Crippen molar-refractivity contribution in [2.75, 3.05) is 26.2 Å². The van der Waals surface area contributed by atoms with E-state index in [1.165, 1.54) is 0 Å². The lowest BCUT2D eigenvalue weighted by molar-refractivity contribution is 0.158. The van der Waals surface area contributed by atoms with Crippen LogP contribution in [0, 0.1) is 0 Å². The number of carbonyl (C=O) groups excluding carboxylic acids is 1. The molecule has 0 saturated carbocycles. The third kappa shape index (κ3) is 3.20. The quantitative estimate of drug-likeness (QED) is 0.800. The van der Waals surface area contributed by atoms with E-state index >= 15 is 0 Å². The van der Waals surface area contributed by atoms with Gasteiger partial charge in [0.15, 0.2) is 0 Å². The van der Waals surface area contributed by atoms with Crippen LogP contribution in [0.5, 0.6) is 0 Å². The van der Waals surface area contributed by atoms with Crippen molar-refractivity contribution in [2.45, 2.75) is 25.8 Å². The van der Waals surface area contributed by atoms with Gasteiger partial charge in [-0.25, -0.2) is 9.78 Å². The zero-order valence-electron chi connectivity index (χ0n) is 10.8. The first-order chi connectivity index (χ1) is 8.59. The molecule has 0 bridgehead atoms. The Kier molecular flexibility index (Phi) is 4.19. The van der Waals surface area contributed by atoms with Gasteiger partial charge in [-0.1, -0.05) is 0 Å². The third-order valence-corrected chi connectivity index (χ3v) is 4.08. The van der Waals surface area contributed by atoms with Crippen molar-refractivity contribution in [1.29, 1.82) is 0 Å². The SMILES string of the molecule is CC(C)(NCCCN1CCOC1=O)c1nccs1. The summed E-state index contributed by atoms with van der Waals surface area (Å²) in [5, 5.41) is 6.54. The fourth-order valence-electron chi connectivity index (χ4n) is 1.91. The van der Waals surface area contributed by atoms with Crippen molar-refractivity contribution in [3.8, 4) is 0 Å². The zero-order valence-corrected chi connectivity index (χ0v) is 11.6. The predicted octanol–water partition coefficient (Wildman–Crippen LogP) is 1.81. The summed E-state index contributed by atoms with van der Waals surface area (Å²) in [6.07, 6.45) is 2.56. The Bertz CT molecular complexity index is 392. The zero-order chi connectivity index (χ0) is 13.0. The number of aromatic nitrogens is 1. The molecule has 1 aliphatic rings. The van der Waals surface area contributed by atoms with Crippen molar-refractivity contribution in [2.24, 2.45) is 0 Å². The lowest BCUT2D eigenvalue weighted by Gasteiger charge is -2.24. The Labute approximate surface area is 111 Å². The molecule has 0 unspecified atom stereocenters. The van der Waals surface area contributed by atoms with E-state index in [-0.39, 0.29) is 11.6 Å². The molecular weight excluding hydrogens is 250 g/mol. The first-order valence-corrected chi connectivity index (χ1v) is 7.04. The fourth-order valence-corrected chi connectivity index (χ4v) is 2.65. The van der Waals surface area contributed by atoms with E-state index in [0.717, 1.165) is 24.5 Å². The van der Waals surface area contributed by atoms with Gasteiger partial charge in [-0.05, 0) is 26.8 Å². The minimum atomic E-state index is -0.186. The molecule has 0 aliphatic carbocycles. The van der Waals surface area contributed by atoms with E-state index < -0.39 is 0 Å². The van der Waals surface area contributed by atoms with Gasteiger partial charge in [0, 0.05) is 18.1 Å². The topological polar surface area (TPSA) is 54.5 Å². The van der Waals surface area contributed by atoms with Gasteiger partial charge >= 0.3 is 6.09 Å². The average molecular weight is 269 g/mol. The molecule has 0 spiro atoms. The highest BCUT2D eigenvalue weighted by Crippen LogP contribution is 2.21. The van der Waals surface area contributed by atoms with Crippen molar-refractivity contribution in [1.82, 2.24) is 15.2 Å². The Morgan fingerprint density at radius 3 is 3.06 bits per heavy atom. The molecule has 6 heteroatoms. The highest BCUT2D eigenvalue weighted by molar-refractivity contribution is 7.09. The number of nitrogens with one attached hydrogen (secondary N) is 1. The molecule has 1 aromatic heterocycles. The van der Waals surface area contributed by atoms with Gasteiger partial charge in [0.25, 0.3) is 0 Å². The van der Waals surface area contributed by atoms with Crippen LogP contribution in [0.25, 0.3) is 0 Å². The maximum atomic E-state index is 11.2. The molecule has 1 aromatic rings. The molecule has 1 fully saturated rings. The molecule has 0 radical (unpaired) electrons. The van der Waals surface area contributed by atoms with E-state index in [2.05, 4.69) is 24.1 Å².